The molecule has 1 aliphatic rings. The van der Waals surface area contributed by atoms with Gasteiger partial charge in [-0.3, -0.25) is 14.2 Å². The highest BCUT2D eigenvalue weighted by Gasteiger charge is 2.18. The van der Waals surface area contributed by atoms with Crippen LogP contribution >= 0.6 is 0 Å². The van der Waals surface area contributed by atoms with E-state index < -0.39 is 5.82 Å². The number of nitrogens with one attached hydrogen (secondary N) is 1. The average Bonchev–Trinajstić information content (AvgIpc) is 3.08. The van der Waals surface area contributed by atoms with Crippen molar-refractivity contribution in [2.24, 2.45) is 0 Å². The van der Waals surface area contributed by atoms with Crippen molar-refractivity contribution in [3.05, 3.63) is 60.0 Å². The van der Waals surface area contributed by atoms with Gasteiger partial charge in [0.05, 0.1) is 11.1 Å². The van der Waals surface area contributed by atoms with E-state index in [-0.39, 0.29) is 11.8 Å². The number of benzene rings is 2. The molecule has 6 heteroatoms. The maximum Gasteiger partial charge on any atom is 0.257 e. The summed E-state index contributed by atoms with van der Waals surface area (Å²) in [6, 6.07) is 11.9. The highest BCUT2D eigenvalue weighted by molar-refractivity contribution is 6.14. The molecule has 2 heterocycles. The van der Waals surface area contributed by atoms with Crippen molar-refractivity contribution >= 4 is 34.1 Å². The average molecular weight is 379 g/mol. The van der Waals surface area contributed by atoms with Gasteiger partial charge in [0, 0.05) is 43.0 Å². The molecule has 1 fully saturated rings. The zero-order valence-corrected chi connectivity index (χ0v) is 15.7. The van der Waals surface area contributed by atoms with Crippen molar-refractivity contribution in [1.29, 1.82) is 0 Å². The maximum absolute atomic E-state index is 13.6. The first-order valence-corrected chi connectivity index (χ1v) is 9.51. The molecule has 1 N–H and O–H groups in total. The fourth-order valence-corrected chi connectivity index (χ4v) is 3.75. The van der Waals surface area contributed by atoms with Gasteiger partial charge in [-0.1, -0.05) is 0 Å². The van der Waals surface area contributed by atoms with E-state index in [0.29, 0.717) is 22.2 Å². The van der Waals surface area contributed by atoms with Gasteiger partial charge in [0.15, 0.2) is 0 Å². The van der Waals surface area contributed by atoms with Gasteiger partial charge < -0.3 is 10.2 Å². The molecule has 0 aliphatic carbocycles. The van der Waals surface area contributed by atoms with E-state index >= 15 is 0 Å². The number of carbonyl (C=O) groups is 2. The minimum absolute atomic E-state index is 0.277. The number of rotatable bonds is 3. The molecule has 0 radical (unpaired) electrons. The van der Waals surface area contributed by atoms with E-state index in [2.05, 4.69) is 10.2 Å². The van der Waals surface area contributed by atoms with E-state index in [1.807, 2.05) is 24.3 Å². The van der Waals surface area contributed by atoms with Gasteiger partial charge in [-0.15, -0.1) is 0 Å². The maximum atomic E-state index is 13.6. The Morgan fingerprint density at radius 2 is 1.71 bits per heavy atom. The number of amides is 1. The number of halogens is 1. The molecule has 4 rings (SSSR count). The zero-order valence-electron chi connectivity index (χ0n) is 15.7. The summed E-state index contributed by atoms with van der Waals surface area (Å²) in [5.41, 5.74) is 2.56. The summed E-state index contributed by atoms with van der Waals surface area (Å²) in [7, 11) is 0. The second-order valence-electron chi connectivity index (χ2n) is 7.14. The Morgan fingerprint density at radius 3 is 2.39 bits per heavy atom. The molecular formula is C22H22FN3O2. The zero-order chi connectivity index (χ0) is 19.7. The minimum atomic E-state index is -0.451. The van der Waals surface area contributed by atoms with Crippen LogP contribution in [0.5, 0.6) is 0 Å². The lowest BCUT2D eigenvalue weighted by molar-refractivity contribution is 0.0941. The van der Waals surface area contributed by atoms with Crippen LogP contribution in [0.4, 0.5) is 15.8 Å². The first-order chi connectivity index (χ1) is 13.5. The van der Waals surface area contributed by atoms with Gasteiger partial charge in [0.2, 0.25) is 5.91 Å². The van der Waals surface area contributed by atoms with Crippen LogP contribution in [-0.2, 0) is 0 Å². The molecule has 0 saturated carbocycles. The lowest BCUT2D eigenvalue weighted by Crippen LogP contribution is -2.29. The lowest BCUT2D eigenvalue weighted by Gasteiger charge is -2.28. The van der Waals surface area contributed by atoms with Crippen LogP contribution in [0.3, 0.4) is 0 Å². The predicted molar refractivity (Wildman–Crippen MR) is 109 cm³/mol. The number of nitrogens with zero attached hydrogens (tertiary/aromatic N) is 2. The standard InChI is InChI=1S/C22H22FN3O2/c1-15(27)26-14-20(19-10-5-16(23)13-21(19)26)22(28)24-17-6-8-18(9-7-17)25-11-3-2-4-12-25/h5-10,13-14H,2-4,11-12H2,1H3,(H,24,28). The lowest BCUT2D eigenvalue weighted by atomic mass is 10.1. The Morgan fingerprint density at radius 1 is 1.00 bits per heavy atom. The van der Waals surface area contributed by atoms with Crippen molar-refractivity contribution in [3.8, 4) is 0 Å². The second kappa shape index (κ2) is 7.46. The molecule has 1 amide bonds. The van der Waals surface area contributed by atoms with Crippen LogP contribution < -0.4 is 10.2 Å². The summed E-state index contributed by atoms with van der Waals surface area (Å²) in [4.78, 5) is 27.0. The Bertz CT molecular complexity index is 1030. The third kappa shape index (κ3) is 3.50. The fourth-order valence-electron chi connectivity index (χ4n) is 3.75. The normalized spacial score (nSPS) is 14.3. The molecule has 0 spiro atoms. The first kappa shape index (κ1) is 18.2. The number of piperidine rings is 1. The highest BCUT2D eigenvalue weighted by atomic mass is 19.1. The number of anilines is 2. The summed E-state index contributed by atoms with van der Waals surface area (Å²) in [6.45, 7) is 3.50. The van der Waals surface area contributed by atoms with Crippen LogP contribution in [0.2, 0.25) is 0 Å². The van der Waals surface area contributed by atoms with E-state index in [4.69, 9.17) is 0 Å². The largest absolute Gasteiger partial charge is 0.372 e. The third-order valence-electron chi connectivity index (χ3n) is 5.20. The van der Waals surface area contributed by atoms with Gasteiger partial charge in [0.1, 0.15) is 5.82 Å². The van der Waals surface area contributed by atoms with Crippen LogP contribution in [-0.4, -0.2) is 29.5 Å². The Labute approximate surface area is 162 Å². The van der Waals surface area contributed by atoms with Gasteiger partial charge in [0.25, 0.3) is 5.91 Å². The number of carbonyl (C=O) groups excluding carboxylic acids is 2. The molecule has 3 aromatic rings. The molecular weight excluding hydrogens is 357 g/mol. The van der Waals surface area contributed by atoms with E-state index in [1.165, 1.54) is 55.1 Å². The summed E-state index contributed by atoms with van der Waals surface area (Å²) in [5, 5.41) is 3.41. The summed E-state index contributed by atoms with van der Waals surface area (Å²) < 4.78 is 14.9. The van der Waals surface area contributed by atoms with Gasteiger partial charge in [-0.25, -0.2) is 4.39 Å². The second-order valence-corrected chi connectivity index (χ2v) is 7.14. The Balaban J connectivity index is 1.57. The van der Waals surface area contributed by atoms with Crippen LogP contribution in [0.25, 0.3) is 10.9 Å². The molecule has 1 aromatic heterocycles. The van der Waals surface area contributed by atoms with E-state index in [1.54, 1.807) is 0 Å². The van der Waals surface area contributed by atoms with Gasteiger partial charge in [-0.05, 0) is 61.7 Å². The minimum Gasteiger partial charge on any atom is -0.372 e. The van der Waals surface area contributed by atoms with Crippen LogP contribution in [0.15, 0.2) is 48.7 Å². The van der Waals surface area contributed by atoms with Crippen molar-refractivity contribution in [2.75, 3.05) is 23.3 Å². The molecule has 0 atom stereocenters. The Kier molecular flexibility index (Phi) is 4.86. The quantitative estimate of drug-likeness (QED) is 0.719. The first-order valence-electron chi connectivity index (χ1n) is 9.51. The molecule has 2 aromatic carbocycles. The highest BCUT2D eigenvalue weighted by Crippen LogP contribution is 2.25. The fraction of sp³-hybridized carbons (Fsp3) is 0.273. The SMILES string of the molecule is CC(=O)n1cc(C(=O)Nc2ccc(N3CCCCC3)cc2)c2ccc(F)cc21. The molecule has 1 saturated heterocycles. The molecule has 28 heavy (non-hydrogen) atoms. The number of hydrogen-bond acceptors (Lipinski definition) is 3. The number of fused-ring (bicyclic) bond motifs is 1. The van der Waals surface area contributed by atoms with Crippen molar-refractivity contribution in [2.45, 2.75) is 26.2 Å². The van der Waals surface area contributed by atoms with Crippen LogP contribution in [0, 0.1) is 5.82 Å². The molecule has 5 nitrogen and oxygen atoms in total. The summed E-state index contributed by atoms with van der Waals surface area (Å²) in [6.07, 6.45) is 5.16. The molecule has 144 valence electrons. The molecule has 0 bridgehead atoms. The van der Waals surface area contributed by atoms with Crippen molar-refractivity contribution < 1.29 is 14.0 Å². The van der Waals surface area contributed by atoms with Crippen LogP contribution in [0.1, 0.15) is 41.3 Å². The van der Waals surface area contributed by atoms with E-state index in [0.717, 1.165) is 18.8 Å². The summed E-state index contributed by atoms with van der Waals surface area (Å²) in [5.74, 6) is -1.06. The third-order valence-corrected chi connectivity index (χ3v) is 5.20. The Hall–Kier alpha value is -3.15. The molecule has 1 aliphatic heterocycles. The number of aromatic nitrogens is 1. The van der Waals surface area contributed by atoms with Gasteiger partial charge >= 0.3 is 0 Å². The van der Waals surface area contributed by atoms with Crippen molar-refractivity contribution in [3.63, 3.8) is 0 Å². The smallest absolute Gasteiger partial charge is 0.257 e. The summed E-state index contributed by atoms with van der Waals surface area (Å²) >= 11 is 0. The number of hydrogen-bond donors (Lipinski definition) is 1. The van der Waals surface area contributed by atoms with Crippen molar-refractivity contribution in [1.82, 2.24) is 4.57 Å². The predicted octanol–water partition coefficient (Wildman–Crippen LogP) is 4.68. The molecule has 0 unspecified atom stereocenters. The topological polar surface area (TPSA) is 54.3 Å². The van der Waals surface area contributed by atoms with Gasteiger partial charge in [-0.2, -0.15) is 0 Å². The monoisotopic (exact) mass is 379 g/mol. The van der Waals surface area contributed by atoms with E-state index in [9.17, 15) is 14.0 Å².